The Labute approximate surface area is 157 Å². The Balaban J connectivity index is 1.79. The normalized spacial score (nSPS) is 18.0. The fourth-order valence-corrected chi connectivity index (χ4v) is 3.48. The Hall–Kier alpha value is -1.66. The molecule has 1 heterocycles. The summed E-state index contributed by atoms with van der Waals surface area (Å²) in [7, 11) is 0. The molecular weight excluding hydrogens is 436 g/mol. The summed E-state index contributed by atoms with van der Waals surface area (Å²) in [6.07, 6.45) is 0. The van der Waals surface area contributed by atoms with Crippen molar-refractivity contribution in [3.05, 3.63) is 63.0 Å². The summed E-state index contributed by atoms with van der Waals surface area (Å²) < 4.78 is 1.82. The molecule has 0 saturated carbocycles. The summed E-state index contributed by atoms with van der Waals surface area (Å²) >= 11 is 6.77. The van der Waals surface area contributed by atoms with E-state index in [0.717, 1.165) is 14.6 Å². The van der Waals surface area contributed by atoms with Crippen molar-refractivity contribution < 1.29 is 9.59 Å². The van der Waals surface area contributed by atoms with Crippen LogP contribution in [0.4, 0.5) is 5.69 Å². The highest BCUT2D eigenvalue weighted by Gasteiger charge is 2.35. The lowest BCUT2D eigenvalue weighted by atomic mass is 10.1. The molecule has 24 heavy (non-hydrogen) atoms. The van der Waals surface area contributed by atoms with Crippen LogP contribution in [0.1, 0.15) is 17.3 Å². The number of anilines is 1. The molecule has 4 nitrogen and oxygen atoms in total. The maximum absolute atomic E-state index is 12.7. The smallest absolute Gasteiger partial charge is 0.254 e. The Morgan fingerprint density at radius 1 is 1.04 bits per heavy atom. The lowest BCUT2D eigenvalue weighted by Crippen LogP contribution is -2.57. The fourth-order valence-electron chi connectivity index (χ4n) is 2.81. The van der Waals surface area contributed by atoms with Crippen LogP contribution in [0, 0.1) is 0 Å². The van der Waals surface area contributed by atoms with Gasteiger partial charge >= 0.3 is 0 Å². The van der Waals surface area contributed by atoms with Crippen molar-refractivity contribution in [2.45, 2.75) is 13.0 Å². The molecule has 1 saturated heterocycles. The molecule has 6 heteroatoms. The van der Waals surface area contributed by atoms with Crippen molar-refractivity contribution in [2.24, 2.45) is 0 Å². The van der Waals surface area contributed by atoms with Crippen molar-refractivity contribution in [3.8, 4) is 0 Å². The predicted molar refractivity (Wildman–Crippen MR) is 101 cm³/mol. The summed E-state index contributed by atoms with van der Waals surface area (Å²) in [4.78, 5) is 28.8. The van der Waals surface area contributed by atoms with Crippen LogP contribution in [0.2, 0.25) is 0 Å². The standard InChI is InChI=1S/C18H16Br2N2O2/c1-12-17(23)22(16-7-5-14(19)6-8-16)10-9-21(12)18(24)13-3-2-4-15(20)11-13/h2-8,11-12H,9-10H2,1H3. The monoisotopic (exact) mass is 450 g/mol. The number of benzene rings is 2. The second-order valence-electron chi connectivity index (χ2n) is 5.65. The van der Waals surface area contributed by atoms with Gasteiger partial charge in [0.1, 0.15) is 6.04 Å². The van der Waals surface area contributed by atoms with Gasteiger partial charge in [-0.1, -0.05) is 37.9 Å². The Bertz CT molecular complexity index is 777. The minimum atomic E-state index is -0.492. The molecule has 2 aromatic carbocycles. The lowest BCUT2D eigenvalue weighted by molar-refractivity contribution is -0.124. The summed E-state index contributed by atoms with van der Waals surface area (Å²) in [6, 6.07) is 14.4. The van der Waals surface area contributed by atoms with E-state index in [0.29, 0.717) is 18.7 Å². The molecule has 1 fully saturated rings. The molecule has 3 rings (SSSR count). The van der Waals surface area contributed by atoms with Gasteiger partial charge in [0.25, 0.3) is 5.91 Å². The Morgan fingerprint density at radius 2 is 1.75 bits per heavy atom. The Morgan fingerprint density at radius 3 is 2.42 bits per heavy atom. The molecule has 1 atom stereocenters. The van der Waals surface area contributed by atoms with E-state index < -0.39 is 6.04 Å². The van der Waals surface area contributed by atoms with Crippen LogP contribution >= 0.6 is 31.9 Å². The van der Waals surface area contributed by atoms with Crippen LogP contribution < -0.4 is 4.90 Å². The van der Waals surface area contributed by atoms with E-state index >= 15 is 0 Å². The Kier molecular flexibility index (Phi) is 5.06. The third-order valence-electron chi connectivity index (χ3n) is 4.13. The zero-order valence-electron chi connectivity index (χ0n) is 13.1. The first-order valence-electron chi connectivity index (χ1n) is 7.61. The van der Waals surface area contributed by atoms with Crippen LogP contribution in [-0.2, 0) is 4.79 Å². The quantitative estimate of drug-likeness (QED) is 0.689. The number of hydrogen-bond acceptors (Lipinski definition) is 2. The topological polar surface area (TPSA) is 40.6 Å². The molecule has 0 radical (unpaired) electrons. The largest absolute Gasteiger partial charge is 0.325 e. The van der Waals surface area contributed by atoms with E-state index in [2.05, 4.69) is 31.9 Å². The van der Waals surface area contributed by atoms with Gasteiger partial charge in [-0.2, -0.15) is 0 Å². The third kappa shape index (κ3) is 3.39. The number of rotatable bonds is 2. The molecule has 1 aliphatic rings. The molecule has 0 N–H and O–H groups in total. The zero-order valence-corrected chi connectivity index (χ0v) is 16.2. The number of piperazine rings is 1. The van der Waals surface area contributed by atoms with Crippen molar-refractivity contribution in [1.82, 2.24) is 4.90 Å². The van der Waals surface area contributed by atoms with Gasteiger partial charge in [-0.05, 0) is 49.4 Å². The maximum atomic E-state index is 12.7. The number of halogens is 2. The first kappa shape index (κ1) is 17.2. The number of carbonyl (C=O) groups excluding carboxylic acids is 2. The van der Waals surface area contributed by atoms with Crippen LogP contribution in [0.25, 0.3) is 0 Å². The molecule has 0 aliphatic carbocycles. The number of carbonyl (C=O) groups is 2. The second-order valence-corrected chi connectivity index (χ2v) is 7.48. The van der Waals surface area contributed by atoms with E-state index in [9.17, 15) is 9.59 Å². The highest BCUT2D eigenvalue weighted by Crippen LogP contribution is 2.24. The first-order valence-corrected chi connectivity index (χ1v) is 9.19. The van der Waals surface area contributed by atoms with E-state index in [1.54, 1.807) is 28.9 Å². The summed E-state index contributed by atoms with van der Waals surface area (Å²) in [6.45, 7) is 2.78. The van der Waals surface area contributed by atoms with Gasteiger partial charge in [0.15, 0.2) is 0 Å². The molecule has 124 valence electrons. The van der Waals surface area contributed by atoms with Gasteiger partial charge in [-0.15, -0.1) is 0 Å². The first-order chi connectivity index (χ1) is 11.5. The highest BCUT2D eigenvalue weighted by atomic mass is 79.9. The molecule has 1 unspecified atom stereocenters. The molecule has 0 bridgehead atoms. The zero-order chi connectivity index (χ0) is 17.3. The highest BCUT2D eigenvalue weighted by molar-refractivity contribution is 9.10. The molecule has 0 aromatic heterocycles. The summed E-state index contributed by atoms with van der Waals surface area (Å²) in [5.41, 5.74) is 1.44. The van der Waals surface area contributed by atoms with Crippen molar-refractivity contribution in [1.29, 1.82) is 0 Å². The maximum Gasteiger partial charge on any atom is 0.254 e. The van der Waals surface area contributed by atoms with E-state index in [1.807, 2.05) is 36.4 Å². The number of amides is 2. The summed E-state index contributed by atoms with van der Waals surface area (Å²) in [5, 5.41) is 0. The average Bonchev–Trinajstić information content (AvgIpc) is 2.58. The summed E-state index contributed by atoms with van der Waals surface area (Å²) in [5.74, 6) is -0.181. The number of hydrogen-bond donors (Lipinski definition) is 0. The molecule has 2 aromatic rings. The van der Waals surface area contributed by atoms with Gasteiger partial charge in [-0.3, -0.25) is 9.59 Å². The van der Waals surface area contributed by atoms with Crippen molar-refractivity contribution in [3.63, 3.8) is 0 Å². The van der Waals surface area contributed by atoms with E-state index in [-0.39, 0.29) is 11.8 Å². The predicted octanol–water partition coefficient (Wildman–Crippen LogP) is 4.09. The second kappa shape index (κ2) is 7.07. The van der Waals surface area contributed by atoms with Gasteiger partial charge in [0.05, 0.1) is 0 Å². The van der Waals surface area contributed by atoms with Crippen molar-refractivity contribution in [2.75, 3.05) is 18.0 Å². The lowest BCUT2D eigenvalue weighted by Gasteiger charge is -2.39. The molecular formula is C18H16Br2N2O2. The van der Waals surface area contributed by atoms with E-state index in [1.165, 1.54) is 0 Å². The van der Waals surface area contributed by atoms with Gasteiger partial charge < -0.3 is 9.80 Å². The van der Waals surface area contributed by atoms with E-state index in [4.69, 9.17) is 0 Å². The van der Waals surface area contributed by atoms with Gasteiger partial charge in [0, 0.05) is 33.3 Å². The SMILES string of the molecule is CC1C(=O)N(c2ccc(Br)cc2)CCN1C(=O)c1cccc(Br)c1. The molecule has 2 amide bonds. The molecule has 1 aliphatic heterocycles. The van der Waals surface area contributed by atoms with Crippen LogP contribution in [-0.4, -0.2) is 35.8 Å². The third-order valence-corrected chi connectivity index (χ3v) is 5.15. The number of nitrogens with zero attached hydrogens (tertiary/aromatic N) is 2. The van der Waals surface area contributed by atoms with Gasteiger partial charge in [0.2, 0.25) is 5.91 Å². The van der Waals surface area contributed by atoms with Crippen LogP contribution in [0.15, 0.2) is 57.5 Å². The van der Waals surface area contributed by atoms with Gasteiger partial charge in [-0.25, -0.2) is 0 Å². The minimum Gasteiger partial charge on any atom is -0.325 e. The minimum absolute atomic E-state index is 0.0630. The fraction of sp³-hybridized carbons (Fsp3) is 0.222. The van der Waals surface area contributed by atoms with Crippen LogP contribution in [0.5, 0.6) is 0 Å². The van der Waals surface area contributed by atoms with Crippen LogP contribution in [0.3, 0.4) is 0 Å². The molecule has 0 spiro atoms. The van der Waals surface area contributed by atoms with Crippen molar-refractivity contribution >= 4 is 49.4 Å². The average molecular weight is 452 g/mol.